The van der Waals surface area contributed by atoms with Crippen molar-refractivity contribution in [3.8, 4) is 0 Å². The van der Waals surface area contributed by atoms with Crippen LogP contribution in [0.3, 0.4) is 0 Å². The Balaban J connectivity index is 1.47. The number of carbonyl (C=O) groups excluding carboxylic acids is 1. The molecule has 0 saturated heterocycles. The zero-order chi connectivity index (χ0) is 21.5. The molecule has 0 aliphatic heterocycles. The zero-order valence-corrected chi connectivity index (χ0v) is 18.6. The van der Waals surface area contributed by atoms with Gasteiger partial charge in [0, 0.05) is 11.1 Å². The number of sulfonamides is 1. The van der Waals surface area contributed by atoms with Crippen LogP contribution in [-0.2, 0) is 41.3 Å². The minimum Gasteiger partial charge on any atom is -0.384 e. The number of aliphatic hydroxyl groups is 1. The summed E-state index contributed by atoms with van der Waals surface area (Å²) >= 11 is 1.21. The highest BCUT2D eigenvalue weighted by molar-refractivity contribution is 7.93. The second kappa shape index (κ2) is 7.79. The molecule has 4 rings (SSSR count). The Bertz CT molecular complexity index is 1100. The van der Waals surface area contributed by atoms with Crippen LogP contribution in [0.15, 0.2) is 16.9 Å². The molecular formula is C21H25N3O4S2. The molecule has 0 bridgehead atoms. The maximum Gasteiger partial charge on any atom is 0.333 e. The minimum absolute atomic E-state index is 0.427. The summed E-state index contributed by atoms with van der Waals surface area (Å²) in [6.07, 6.45) is 7.22. The predicted octanol–water partition coefficient (Wildman–Crippen LogP) is 3.47. The van der Waals surface area contributed by atoms with Crippen LogP contribution in [0.5, 0.6) is 0 Å². The smallest absolute Gasteiger partial charge is 0.333 e. The highest BCUT2D eigenvalue weighted by atomic mass is 32.2. The topological polar surface area (TPSA) is 108 Å². The van der Waals surface area contributed by atoms with Crippen LogP contribution in [-0.4, -0.2) is 24.5 Å². The lowest BCUT2D eigenvalue weighted by atomic mass is 9.99. The van der Waals surface area contributed by atoms with E-state index < -0.39 is 21.7 Å². The van der Waals surface area contributed by atoms with E-state index in [1.165, 1.54) is 28.5 Å². The number of thiazole rings is 1. The van der Waals surface area contributed by atoms with Gasteiger partial charge in [0.2, 0.25) is 0 Å². The van der Waals surface area contributed by atoms with E-state index in [1.54, 1.807) is 19.2 Å². The number of anilines is 1. The van der Waals surface area contributed by atoms with E-state index in [0.717, 1.165) is 60.7 Å². The third-order valence-corrected chi connectivity index (χ3v) is 7.26. The van der Waals surface area contributed by atoms with Crippen molar-refractivity contribution in [2.45, 2.75) is 58.0 Å². The first-order valence-corrected chi connectivity index (χ1v) is 12.4. The van der Waals surface area contributed by atoms with Crippen molar-refractivity contribution >= 4 is 39.2 Å². The molecule has 0 radical (unpaired) electrons. The van der Waals surface area contributed by atoms with E-state index in [1.807, 2.05) is 0 Å². The fourth-order valence-electron chi connectivity index (χ4n) is 4.06. The number of rotatable bonds is 5. The van der Waals surface area contributed by atoms with E-state index in [-0.39, 0.29) is 0 Å². The van der Waals surface area contributed by atoms with Gasteiger partial charge in [-0.2, -0.15) is 0 Å². The Hall–Kier alpha value is -2.23. The van der Waals surface area contributed by atoms with Crippen LogP contribution < -0.4 is 10.0 Å². The molecule has 2 aromatic rings. The quantitative estimate of drug-likeness (QED) is 0.650. The first-order valence-electron chi connectivity index (χ1n) is 9.99. The number of carbonyl (C=O) groups is 1. The molecule has 2 aliphatic carbocycles. The lowest BCUT2D eigenvalue weighted by molar-refractivity contribution is 0.0745. The molecular weight excluding hydrogens is 422 g/mol. The molecule has 7 nitrogen and oxygen atoms in total. The highest BCUT2D eigenvalue weighted by Gasteiger charge is 2.25. The van der Waals surface area contributed by atoms with Crippen molar-refractivity contribution in [3.05, 3.63) is 49.8 Å². The molecule has 30 heavy (non-hydrogen) atoms. The predicted molar refractivity (Wildman–Crippen MR) is 118 cm³/mol. The summed E-state index contributed by atoms with van der Waals surface area (Å²) in [5.74, 6) is 0. The number of urea groups is 1. The molecule has 2 amide bonds. The van der Waals surface area contributed by atoms with Crippen LogP contribution in [0, 0.1) is 0 Å². The normalized spacial score (nSPS) is 16.0. The number of benzene rings is 1. The lowest BCUT2D eigenvalue weighted by Gasteiger charge is -2.16. The van der Waals surface area contributed by atoms with Gasteiger partial charge in [0.15, 0.2) is 0 Å². The monoisotopic (exact) mass is 447 g/mol. The molecule has 0 unspecified atom stereocenters. The molecule has 9 heteroatoms. The Morgan fingerprint density at radius 3 is 2.37 bits per heavy atom. The molecule has 0 saturated carbocycles. The second-order valence-electron chi connectivity index (χ2n) is 8.27. The van der Waals surface area contributed by atoms with Gasteiger partial charge in [-0.1, -0.05) is 6.07 Å². The SMILES string of the molecule is CC(C)(O)c1csc(/C=C/S(=O)(=O)NC(=O)Nc2c3c(cc4c2CCC4)CCC3)n1. The van der Waals surface area contributed by atoms with Crippen molar-refractivity contribution in [2.24, 2.45) is 0 Å². The van der Waals surface area contributed by atoms with E-state index in [9.17, 15) is 18.3 Å². The van der Waals surface area contributed by atoms with Crippen molar-refractivity contribution in [1.29, 1.82) is 0 Å². The van der Waals surface area contributed by atoms with E-state index in [4.69, 9.17) is 0 Å². The molecule has 160 valence electrons. The minimum atomic E-state index is -3.99. The number of nitrogens with one attached hydrogen (secondary N) is 2. The lowest BCUT2D eigenvalue weighted by Crippen LogP contribution is -2.33. The first-order chi connectivity index (χ1) is 14.1. The average Bonchev–Trinajstić information content (AvgIpc) is 3.38. The van der Waals surface area contributed by atoms with Gasteiger partial charge in [-0.25, -0.2) is 22.9 Å². The number of hydrogen-bond acceptors (Lipinski definition) is 6. The van der Waals surface area contributed by atoms with Crippen molar-refractivity contribution < 1.29 is 18.3 Å². The van der Waals surface area contributed by atoms with E-state index in [0.29, 0.717) is 10.7 Å². The van der Waals surface area contributed by atoms with Crippen LogP contribution in [0.1, 0.15) is 59.6 Å². The second-order valence-corrected chi connectivity index (χ2v) is 10.7. The van der Waals surface area contributed by atoms with Crippen LogP contribution >= 0.6 is 11.3 Å². The van der Waals surface area contributed by atoms with Gasteiger partial charge in [0.1, 0.15) is 10.6 Å². The molecule has 0 fully saturated rings. The number of nitrogens with zero attached hydrogens (tertiary/aromatic N) is 1. The van der Waals surface area contributed by atoms with Gasteiger partial charge < -0.3 is 10.4 Å². The Kier molecular flexibility index (Phi) is 5.46. The number of aryl methyl sites for hydroxylation is 2. The fraction of sp³-hybridized carbons (Fsp3) is 0.429. The average molecular weight is 448 g/mol. The number of amides is 2. The molecule has 2 aliphatic rings. The highest BCUT2D eigenvalue weighted by Crippen LogP contribution is 2.38. The van der Waals surface area contributed by atoms with Crippen LogP contribution in [0.4, 0.5) is 10.5 Å². The molecule has 1 aromatic heterocycles. The third-order valence-electron chi connectivity index (χ3n) is 5.49. The van der Waals surface area contributed by atoms with Crippen molar-refractivity contribution in [2.75, 3.05) is 5.32 Å². The standard InChI is InChI=1S/C21H25N3O4S2/c1-21(2,26)17-12-29-18(22-17)9-10-30(27,28)24-20(25)23-19-15-7-3-5-13(15)11-14-6-4-8-16(14)19/h9-12,26H,3-8H2,1-2H3,(H2,23,24,25)/b10-9+. The van der Waals surface area contributed by atoms with Gasteiger partial charge in [-0.05, 0) is 80.7 Å². The number of hydrogen-bond donors (Lipinski definition) is 3. The summed E-state index contributed by atoms with van der Waals surface area (Å²) in [6.45, 7) is 3.21. The summed E-state index contributed by atoms with van der Waals surface area (Å²) in [6, 6.07) is 1.49. The summed E-state index contributed by atoms with van der Waals surface area (Å²) in [4.78, 5) is 16.7. The molecule has 1 heterocycles. The Labute approximate surface area is 180 Å². The zero-order valence-electron chi connectivity index (χ0n) is 17.0. The molecule has 1 aromatic carbocycles. The third kappa shape index (κ3) is 4.43. The number of aromatic nitrogens is 1. The Morgan fingerprint density at radius 2 is 1.80 bits per heavy atom. The van der Waals surface area contributed by atoms with E-state index >= 15 is 0 Å². The molecule has 0 spiro atoms. The fourth-order valence-corrected chi connectivity index (χ4v) is 5.71. The summed E-state index contributed by atoms with van der Waals surface area (Å²) in [5, 5.41) is 15.8. The van der Waals surface area contributed by atoms with Crippen LogP contribution in [0.2, 0.25) is 0 Å². The van der Waals surface area contributed by atoms with Gasteiger partial charge in [0.05, 0.1) is 11.1 Å². The maximum absolute atomic E-state index is 12.5. The van der Waals surface area contributed by atoms with Crippen molar-refractivity contribution in [1.82, 2.24) is 9.71 Å². The first kappa shape index (κ1) is 21.0. The van der Waals surface area contributed by atoms with Crippen LogP contribution in [0.25, 0.3) is 6.08 Å². The van der Waals surface area contributed by atoms with Crippen molar-refractivity contribution in [3.63, 3.8) is 0 Å². The van der Waals surface area contributed by atoms with Gasteiger partial charge in [-0.3, -0.25) is 0 Å². The van der Waals surface area contributed by atoms with Gasteiger partial charge >= 0.3 is 6.03 Å². The number of fused-ring (bicyclic) bond motifs is 2. The van der Waals surface area contributed by atoms with E-state index in [2.05, 4.69) is 21.1 Å². The maximum atomic E-state index is 12.5. The summed E-state index contributed by atoms with van der Waals surface area (Å²) in [5.41, 5.74) is 4.96. The van der Waals surface area contributed by atoms with Gasteiger partial charge in [-0.15, -0.1) is 11.3 Å². The largest absolute Gasteiger partial charge is 0.384 e. The summed E-state index contributed by atoms with van der Waals surface area (Å²) in [7, 11) is -3.99. The molecule has 3 N–H and O–H groups in total. The Morgan fingerprint density at radius 1 is 1.17 bits per heavy atom. The summed E-state index contributed by atoms with van der Waals surface area (Å²) < 4.78 is 26.7. The van der Waals surface area contributed by atoms with Gasteiger partial charge in [0.25, 0.3) is 10.0 Å². The molecule has 0 atom stereocenters.